The van der Waals surface area contributed by atoms with Crippen molar-refractivity contribution in [3.8, 4) is 5.95 Å². The molecule has 0 spiro atoms. The van der Waals surface area contributed by atoms with Crippen molar-refractivity contribution in [1.82, 2.24) is 19.7 Å². The number of hydrogen-bond acceptors (Lipinski definition) is 4. The highest BCUT2D eigenvalue weighted by Crippen LogP contribution is 2.16. The number of hydrogen-bond donors (Lipinski definition) is 2. The van der Waals surface area contributed by atoms with Crippen LogP contribution in [0.25, 0.3) is 16.9 Å². The highest BCUT2D eigenvalue weighted by atomic mass is 79.9. The number of carboxylic acids is 1. The van der Waals surface area contributed by atoms with Crippen molar-refractivity contribution in [3.63, 3.8) is 0 Å². The van der Waals surface area contributed by atoms with Gasteiger partial charge in [-0.3, -0.25) is 9.78 Å². The van der Waals surface area contributed by atoms with Gasteiger partial charge in [0.15, 0.2) is 0 Å². The maximum absolute atomic E-state index is 12.0. The third-order valence-corrected chi connectivity index (χ3v) is 3.20. The van der Waals surface area contributed by atoms with Gasteiger partial charge in [-0.05, 0) is 18.2 Å². The smallest absolute Gasteiger partial charge is 0.338 e. The van der Waals surface area contributed by atoms with Gasteiger partial charge in [-0.25, -0.2) is 14.5 Å². The second-order valence-corrected chi connectivity index (χ2v) is 4.95. The normalized spacial score (nSPS) is 10.8. The van der Waals surface area contributed by atoms with Gasteiger partial charge in [0, 0.05) is 10.7 Å². The van der Waals surface area contributed by atoms with Crippen molar-refractivity contribution in [2.45, 2.75) is 0 Å². The zero-order valence-corrected chi connectivity index (χ0v) is 11.5. The molecule has 0 aliphatic rings. The molecule has 2 heterocycles. The number of carboxylic acid groups (broad SMARTS) is 1. The summed E-state index contributed by atoms with van der Waals surface area (Å²) in [5.41, 5.74) is 0.192. The predicted molar refractivity (Wildman–Crippen MR) is 74.1 cm³/mol. The van der Waals surface area contributed by atoms with Gasteiger partial charge in [-0.2, -0.15) is 5.10 Å². The highest BCUT2D eigenvalue weighted by Gasteiger charge is 2.10. The number of nitrogens with zero attached hydrogens (tertiary/aromatic N) is 3. The SMILES string of the molecule is O=C(O)c1cnn(-c2nc3cc(Br)ccc3c(=O)[nH]2)c1. The summed E-state index contributed by atoms with van der Waals surface area (Å²) < 4.78 is 2.01. The Hall–Kier alpha value is -2.48. The van der Waals surface area contributed by atoms with Gasteiger partial charge in [0.25, 0.3) is 5.56 Å². The van der Waals surface area contributed by atoms with Crippen LogP contribution in [0.5, 0.6) is 0 Å². The standard InChI is InChI=1S/C12H7BrN4O3/c13-7-1-2-8-9(3-7)15-12(16-10(8)18)17-5-6(4-14-17)11(19)20/h1-5H,(H,19,20)(H,15,16,18). The van der Waals surface area contributed by atoms with Crippen LogP contribution in [0.2, 0.25) is 0 Å². The van der Waals surface area contributed by atoms with Gasteiger partial charge in [0.05, 0.1) is 22.7 Å². The molecule has 2 N–H and O–H groups in total. The average Bonchev–Trinajstić information content (AvgIpc) is 2.87. The molecule has 0 radical (unpaired) electrons. The third kappa shape index (κ3) is 2.10. The Morgan fingerprint density at radius 2 is 2.20 bits per heavy atom. The minimum Gasteiger partial charge on any atom is -0.478 e. The Morgan fingerprint density at radius 3 is 2.90 bits per heavy atom. The predicted octanol–water partition coefficient (Wildman–Crippen LogP) is 1.57. The molecule has 0 saturated heterocycles. The molecule has 0 unspecified atom stereocenters. The first-order chi connectivity index (χ1) is 9.54. The number of nitrogens with one attached hydrogen (secondary N) is 1. The molecule has 0 fully saturated rings. The number of carbonyl (C=O) groups is 1. The van der Waals surface area contributed by atoms with Crippen LogP contribution in [-0.4, -0.2) is 30.8 Å². The molecule has 3 rings (SSSR count). The number of halogens is 1. The summed E-state index contributed by atoms with van der Waals surface area (Å²) in [6.07, 6.45) is 2.47. The second kappa shape index (κ2) is 4.57. The quantitative estimate of drug-likeness (QED) is 0.740. The lowest BCUT2D eigenvalue weighted by atomic mass is 10.2. The van der Waals surface area contributed by atoms with E-state index in [1.165, 1.54) is 17.1 Å². The van der Waals surface area contributed by atoms with Gasteiger partial charge >= 0.3 is 5.97 Å². The van der Waals surface area contributed by atoms with Gasteiger partial charge in [-0.15, -0.1) is 0 Å². The molecule has 0 bridgehead atoms. The van der Waals surface area contributed by atoms with Crippen molar-refractivity contribution < 1.29 is 9.90 Å². The zero-order valence-electron chi connectivity index (χ0n) is 9.87. The summed E-state index contributed by atoms with van der Waals surface area (Å²) in [6, 6.07) is 5.10. The average molecular weight is 335 g/mol. The molecule has 0 aliphatic heterocycles. The molecule has 0 atom stereocenters. The maximum atomic E-state index is 12.0. The minimum atomic E-state index is -1.10. The van der Waals surface area contributed by atoms with Crippen molar-refractivity contribution in [2.75, 3.05) is 0 Å². The lowest BCUT2D eigenvalue weighted by Crippen LogP contribution is -2.13. The molecule has 0 amide bonds. The van der Waals surface area contributed by atoms with E-state index in [1.807, 2.05) is 0 Å². The van der Waals surface area contributed by atoms with Gasteiger partial charge < -0.3 is 5.11 Å². The Balaban J connectivity index is 2.20. The first-order valence-electron chi connectivity index (χ1n) is 5.52. The van der Waals surface area contributed by atoms with E-state index in [4.69, 9.17) is 5.11 Å². The molecule has 100 valence electrons. The van der Waals surface area contributed by atoms with Crippen LogP contribution < -0.4 is 5.56 Å². The van der Waals surface area contributed by atoms with Gasteiger partial charge in [0.2, 0.25) is 5.95 Å². The molecular formula is C12H7BrN4O3. The number of aromatic amines is 1. The Morgan fingerprint density at radius 1 is 1.40 bits per heavy atom. The van der Waals surface area contributed by atoms with Gasteiger partial charge in [0.1, 0.15) is 0 Å². The van der Waals surface area contributed by atoms with E-state index in [0.29, 0.717) is 10.9 Å². The Labute approximate surface area is 120 Å². The van der Waals surface area contributed by atoms with E-state index in [1.54, 1.807) is 18.2 Å². The summed E-state index contributed by atoms with van der Waals surface area (Å²) in [7, 11) is 0. The second-order valence-electron chi connectivity index (χ2n) is 4.03. The van der Waals surface area contributed by atoms with E-state index < -0.39 is 5.97 Å². The summed E-state index contributed by atoms with van der Waals surface area (Å²) in [4.78, 5) is 29.6. The van der Waals surface area contributed by atoms with Crippen molar-refractivity contribution in [2.24, 2.45) is 0 Å². The lowest BCUT2D eigenvalue weighted by molar-refractivity contribution is 0.0697. The number of fused-ring (bicyclic) bond motifs is 1. The molecule has 2 aromatic heterocycles. The van der Waals surface area contributed by atoms with E-state index in [0.717, 1.165) is 4.47 Å². The van der Waals surface area contributed by atoms with Crippen LogP contribution in [-0.2, 0) is 0 Å². The number of H-pyrrole nitrogens is 1. The first-order valence-corrected chi connectivity index (χ1v) is 6.32. The van der Waals surface area contributed by atoms with E-state index in [2.05, 4.69) is 31.0 Å². The molecule has 20 heavy (non-hydrogen) atoms. The van der Waals surface area contributed by atoms with E-state index >= 15 is 0 Å². The number of aromatic carboxylic acids is 1. The zero-order chi connectivity index (χ0) is 14.3. The molecule has 8 heteroatoms. The number of rotatable bonds is 2. The summed E-state index contributed by atoms with van der Waals surface area (Å²) in [5.74, 6) is -0.935. The summed E-state index contributed by atoms with van der Waals surface area (Å²) in [6.45, 7) is 0. The number of benzene rings is 1. The van der Waals surface area contributed by atoms with Crippen molar-refractivity contribution in [3.05, 3.63) is 51.0 Å². The Bertz CT molecular complexity index is 884. The largest absolute Gasteiger partial charge is 0.478 e. The maximum Gasteiger partial charge on any atom is 0.338 e. The van der Waals surface area contributed by atoms with Crippen molar-refractivity contribution in [1.29, 1.82) is 0 Å². The van der Waals surface area contributed by atoms with Crippen LogP contribution in [0.4, 0.5) is 0 Å². The fraction of sp³-hybridized carbons (Fsp3) is 0. The minimum absolute atomic E-state index is 0.0157. The molecular weight excluding hydrogens is 328 g/mol. The van der Waals surface area contributed by atoms with Crippen LogP contribution in [0, 0.1) is 0 Å². The number of aromatic nitrogens is 4. The first kappa shape index (κ1) is 12.5. The fourth-order valence-electron chi connectivity index (χ4n) is 1.76. The van der Waals surface area contributed by atoms with Crippen LogP contribution in [0.1, 0.15) is 10.4 Å². The molecule has 7 nitrogen and oxygen atoms in total. The van der Waals surface area contributed by atoms with Gasteiger partial charge in [-0.1, -0.05) is 15.9 Å². The third-order valence-electron chi connectivity index (χ3n) is 2.70. The highest BCUT2D eigenvalue weighted by molar-refractivity contribution is 9.10. The molecule has 1 aromatic carbocycles. The monoisotopic (exact) mass is 334 g/mol. The summed E-state index contributed by atoms with van der Waals surface area (Å²) >= 11 is 3.31. The molecule has 3 aromatic rings. The van der Waals surface area contributed by atoms with Crippen LogP contribution in [0.3, 0.4) is 0 Å². The van der Waals surface area contributed by atoms with Crippen LogP contribution in [0.15, 0.2) is 39.9 Å². The van der Waals surface area contributed by atoms with Crippen LogP contribution >= 0.6 is 15.9 Å². The topological polar surface area (TPSA) is 101 Å². The fourth-order valence-corrected chi connectivity index (χ4v) is 2.11. The molecule has 0 aliphatic carbocycles. The lowest BCUT2D eigenvalue weighted by Gasteiger charge is -2.02. The summed E-state index contributed by atoms with van der Waals surface area (Å²) in [5, 5.41) is 13.2. The van der Waals surface area contributed by atoms with E-state index in [9.17, 15) is 9.59 Å². The van der Waals surface area contributed by atoms with E-state index in [-0.39, 0.29) is 17.1 Å². The molecule has 0 saturated carbocycles. The van der Waals surface area contributed by atoms with Crippen molar-refractivity contribution >= 4 is 32.8 Å². The Kier molecular flexibility index (Phi) is 2.87.